The summed E-state index contributed by atoms with van der Waals surface area (Å²) in [6.07, 6.45) is 22.7. The lowest BCUT2D eigenvalue weighted by atomic mass is 9.74. The van der Waals surface area contributed by atoms with Crippen LogP contribution in [0.2, 0.25) is 0 Å². The molecule has 1 nitrogen and oxygen atoms in total. The second-order valence-corrected chi connectivity index (χ2v) is 10.7. The largest absolute Gasteiger partial charge is 0.205 e. The minimum absolute atomic E-state index is 0.236. The predicted octanol–water partition coefficient (Wildman–Crippen LogP) is 9.45. The van der Waals surface area contributed by atoms with E-state index in [-0.39, 0.29) is 5.92 Å². The van der Waals surface area contributed by atoms with Crippen LogP contribution < -0.4 is 0 Å². The van der Waals surface area contributed by atoms with Gasteiger partial charge >= 0.3 is 0 Å². The molecular weight excluding hydrogens is 400 g/mol. The molecule has 3 heteroatoms. The van der Waals surface area contributed by atoms with Gasteiger partial charge in [0.15, 0.2) is 0 Å². The molecule has 0 unspecified atom stereocenters. The van der Waals surface area contributed by atoms with Gasteiger partial charge in [0.05, 0.1) is 0 Å². The summed E-state index contributed by atoms with van der Waals surface area (Å²) < 4.78 is 27.9. The molecule has 0 amide bonds. The lowest BCUT2D eigenvalue weighted by molar-refractivity contribution is 0.222. The molecule has 0 atom stereocenters. The average molecular weight is 444 g/mol. The van der Waals surface area contributed by atoms with Crippen molar-refractivity contribution in [2.75, 3.05) is 0 Å². The Bertz CT molecular complexity index is 698. The molecule has 2 saturated carbocycles. The number of halogens is 2. The van der Waals surface area contributed by atoms with Crippen LogP contribution in [0.15, 0.2) is 12.1 Å². The summed E-state index contributed by atoms with van der Waals surface area (Å²) in [5, 5.41) is 8.86. The van der Waals surface area contributed by atoms with Crippen LogP contribution in [0.5, 0.6) is 0 Å². The molecule has 178 valence electrons. The van der Waals surface area contributed by atoms with Gasteiger partial charge in [0.1, 0.15) is 23.3 Å². The van der Waals surface area contributed by atoms with Crippen molar-refractivity contribution in [1.29, 1.82) is 5.26 Å². The molecule has 1 aromatic carbocycles. The van der Waals surface area contributed by atoms with E-state index in [0.29, 0.717) is 0 Å². The Balaban J connectivity index is 1.30. The SMILES string of the molecule is CCCCCCCC[C@H]1CC[C@H](CC[C@H]2CC[C@H](c3cc(F)c(C#N)c(F)c3)CC2)CC1. The van der Waals surface area contributed by atoms with E-state index in [0.717, 1.165) is 36.2 Å². The Morgan fingerprint density at radius 1 is 0.719 bits per heavy atom. The molecule has 0 radical (unpaired) electrons. The molecule has 1 aromatic rings. The molecule has 0 aliphatic heterocycles. The van der Waals surface area contributed by atoms with E-state index in [9.17, 15) is 8.78 Å². The van der Waals surface area contributed by atoms with Crippen molar-refractivity contribution in [3.63, 3.8) is 0 Å². The van der Waals surface area contributed by atoms with Crippen LogP contribution in [0.4, 0.5) is 8.78 Å². The zero-order chi connectivity index (χ0) is 22.8. The average Bonchev–Trinajstić information content (AvgIpc) is 2.81. The van der Waals surface area contributed by atoms with Gasteiger partial charge in [-0.2, -0.15) is 5.26 Å². The number of rotatable bonds is 11. The lowest BCUT2D eigenvalue weighted by Gasteiger charge is -2.32. The van der Waals surface area contributed by atoms with Crippen LogP contribution >= 0.6 is 0 Å². The van der Waals surface area contributed by atoms with Crippen molar-refractivity contribution in [3.8, 4) is 6.07 Å². The van der Waals surface area contributed by atoms with Gasteiger partial charge in [-0.25, -0.2) is 8.78 Å². The fraction of sp³-hybridized carbons (Fsp3) is 0.759. The van der Waals surface area contributed by atoms with Crippen molar-refractivity contribution in [1.82, 2.24) is 0 Å². The maximum absolute atomic E-state index is 14.0. The van der Waals surface area contributed by atoms with Gasteiger partial charge in [-0.15, -0.1) is 0 Å². The van der Waals surface area contributed by atoms with Crippen LogP contribution in [0.25, 0.3) is 0 Å². The summed E-state index contributed by atoms with van der Waals surface area (Å²) in [5.74, 6) is 1.50. The molecule has 0 heterocycles. The third kappa shape index (κ3) is 7.57. The van der Waals surface area contributed by atoms with Crippen molar-refractivity contribution in [2.24, 2.45) is 17.8 Å². The van der Waals surface area contributed by atoms with Crippen molar-refractivity contribution >= 4 is 0 Å². The smallest absolute Gasteiger partial charge is 0.144 e. The number of unbranched alkanes of at least 4 members (excludes halogenated alkanes) is 5. The summed E-state index contributed by atoms with van der Waals surface area (Å²) in [5.41, 5.74) is 0.283. The second-order valence-electron chi connectivity index (χ2n) is 10.7. The minimum atomic E-state index is -0.711. The molecule has 0 saturated heterocycles. The van der Waals surface area contributed by atoms with Gasteiger partial charge < -0.3 is 0 Å². The summed E-state index contributed by atoms with van der Waals surface area (Å²) in [6, 6.07) is 4.39. The van der Waals surface area contributed by atoms with E-state index in [2.05, 4.69) is 6.92 Å². The number of benzene rings is 1. The van der Waals surface area contributed by atoms with E-state index in [1.165, 1.54) is 108 Å². The van der Waals surface area contributed by atoms with Gasteiger partial charge in [0.25, 0.3) is 0 Å². The first-order valence-corrected chi connectivity index (χ1v) is 13.5. The number of nitriles is 1. The zero-order valence-corrected chi connectivity index (χ0v) is 20.2. The van der Waals surface area contributed by atoms with Gasteiger partial charge in [-0.05, 0) is 67.1 Å². The molecular formula is C29H43F2N. The van der Waals surface area contributed by atoms with E-state index in [4.69, 9.17) is 5.26 Å². The van der Waals surface area contributed by atoms with Crippen molar-refractivity contribution in [3.05, 3.63) is 34.9 Å². The summed E-state index contributed by atoms with van der Waals surface area (Å²) in [6.45, 7) is 2.28. The summed E-state index contributed by atoms with van der Waals surface area (Å²) >= 11 is 0. The first-order valence-electron chi connectivity index (χ1n) is 13.5. The molecule has 0 aromatic heterocycles. The highest BCUT2D eigenvalue weighted by Crippen LogP contribution is 2.40. The molecule has 0 spiro atoms. The number of hydrogen-bond acceptors (Lipinski definition) is 1. The number of hydrogen-bond donors (Lipinski definition) is 0. The summed E-state index contributed by atoms with van der Waals surface area (Å²) in [7, 11) is 0. The Morgan fingerprint density at radius 3 is 1.72 bits per heavy atom. The lowest BCUT2D eigenvalue weighted by Crippen LogP contribution is -2.18. The Labute approximate surface area is 195 Å². The van der Waals surface area contributed by atoms with E-state index >= 15 is 0 Å². The van der Waals surface area contributed by atoms with E-state index in [1.54, 1.807) is 6.07 Å². The molecule has 32 heavy (non-hydrogen) atoms. The molecule has 0 N–H and O–H groups in total. The van der Waals surface area contributed by atoms with E-state index in [1.807, 2.05) is 0 Å². The maximum Gasteiger partial charge on any atom is 0.144 e. The Morgan fingerprint density at radius 2 is 1.19 bits per heavy atom. The first-order chi connectivity index (χ1) is 15.6. The monoisotopic (exact) mass is 443 g/mol. The van der Waals surface area contributed by atoms with Crippen LogP contribution in [0, 0.1) is 40.7 Å². The normalized spacial score (nSPS) is 26.1. The Hall–Kier alpha value is -1.43. The highest BCUT2D eigenvalue weighted by molar-refractivity contribution is 5.36. The first kappa shape index (κ1) is 25.2. The standard InChI is InChI=1S/C29H43F2N/c1-2-3-4-5-6-7-8-22-9-11-23(12-10-22)13-14-24-15-17-25(18-16-24)26-19-28(30)27(21-32)29(31)20-26/h19-20,22-25H,2-18H2,1H3/t22-,23-,24-,25-. The van der Waals surface area contributed by atoms with Gasteiger partial charge in [-0.1, -0.05) is 90.4 Å². The highest BCUT2D eigenvalue weighted by atomic mass is 19.1. The zero-order valence-electron chi connectivity index (χ0n) is 20.2. The van der Waals surface area contributed by atoms with Gasteiger partial charge in [0, 0.05) is 0 Å². The van der Waals surface area contributed by atoms with Gasteiger partial charge in [0.2, 0.25) is 0 Å². The Kier molecular flexibility index (Phi) is 10.5. The molecule has 3 rings (SSSR count). The summed E-state index contributed by atoms with van der Waals surface area (Å²) in [4.78, 5) is 0. The topological polar surface area (TPSA) is 23.8 Å². The molecule has 2 fully saturated rings. The minimum Gasteiger partial charge on any atom is -0.205 e. The van der Waals surface area contributed by atoms with Crippen LogP contribution in [0.1, 0.15) is 133 Å². The molecule has 0 bridgehead atoms. The van der Waals surface area contributed by atoms with Crippen LogP contribution in [-0.2, 0) is 0 Å². The van der Waals surface area contributed by atoms with Crippen molar-refractivity contribution < 1.29 is 8.78 Å². The van der Waals surface area contributed by atoms with Crippen LogP contribution in [0.3, 0.4) is 0 Å². The van der Waals surface area contributed by atoms with E-state index < -0.39 is 17.2 Å². The maximum atomic E-state index is 14.0. The molecule has 2 aliphatic carbocycles. The quantitative estimate of drug-likeness (QED) is 0.312. The molecule has 2 aliphatic rings. The predicted molar refractivity (Wildman–Crippen MR) is 128 cm³/mol. The fourth-order valence-corrected chi connectivity index (χ4v) is 6.21. The third-order valence-corrected chi connectivity index (χ3v) is 8.41. The fourth-order valence-electron chi connectivity index (χ4n) is 6.21. The highest BCUT2D eigenvalue weighted by Gasteiger charge is 2.26. The third-order valence-electron chi connectivity index (χ3n) is 8.41. The van der Waals surface area contributed by atoms with Crippen LogP contribution in [-0.4, -0.2) is 0 Å². The van der Waals surface area contributed by atoms with Gasteiger partial charge in [-0.3, -0.25) is 0 Å². The number of nitrogens with zero attached hydrogens (tertiary/aromatic N) is 1. The van der Waals surface area contributed by atoms with Crippen molar-refractivity contribution in [2.45, 2.75) is 122 Å². The second kappa shape index (κ2) is 13.3.